The number of anilines is 1. The molecule has 0 radical (unpaired) electrons. The number of hydrogen-bond acceptors (Lipinski definition) is 5. The first-order valence-corrected chi connectivity index (χ1v) is 11.7. The van der Waals surface area contributed by atoms with Crippen LogP contribution in [0.2, 0.25) is 5.02 Å². The molecule has 1 N–H and O–H groups in total. The third-order valence-corrected chi connectivity index (χ3v) is 7.45. The van der Waals surface area contributed by atoms with Crippen LogP contribution in [0.15, 0.2) is 48.5 Å². The predicted octanol–water partition coefficient (Wildman–Crippen LogP) is 4.09. The molecule has 0 aromatic heterocycles. The molecular weight excluding hydrogens is 427 g/mol. The number of rotatable bonds is 6. The quantitative estimate of drug-likeness (QED) is 0.527. The first-order chi connectivity index (χ1) is 14.4. The van der Waals surface area contributed by atoms with E-state index < -0.39 is 13.5 Å². The van der Waals surface area contributed by atoms with E-state index in [1.165, 1.54) is 0 Å². The molecule has 2 aromatic rings. The van der Waals surface area contributed by atoms with Crippen molar-refractivity contribution in [2.24, 2.45) is 0 Å². The van der Waals surface area contributed by atoms with Crippen LogP contribution < -0.4 is 10.6 Å². The van der Waals surface area contributed by atoms with Crippen LogP contribution in [0.3, 0.4) is 0 Å². The highest BCUT2D eigenvalue weighted by molar-refractivity contribution is 7.64. The van der Waals surface area contributed by atoms with Gasteiger partial charge in [-0.25, -0.2) is 4.67 Å². The van der Waals surface area contributed by atoms with Gasteiger partial charge in [0.05, 0.1) is 18.5 Å². The van der Waals surface area contributed by atoms with Crippen LogP contribution in [0.5, 0.6) is 0 Å². The smallest absolute Gasteiger partial charge is 0.320 e. The summed E-state index contributed by atoms with van der Waals surface area (Å²) in [5.41, 5.74) is 1.03. The molecular formula is C21H24ClN2O5P. The number of nitrogens with one attached hydrogen (secondary N) is 1. The number of ether oxygens (including phenoxy) is 1. The summed E-state index contributed by atoms with van der Waals surface area (Å²) in [6.45, 7) is 2.73. The van der Waals surface area contributed by atoms with Crippen LogP contribution in [0.25, 0.3) is 0 Å². The van der Waals surface area contributed by atoms with Gasteiger partial charge in [-0.15, -0.1) is 0 Å². The minimum Gasteiger partial charge on any atom is -0.465 e. The highest BCUT2D eigenvalue weighted by Gasteiger charge is 2.37. The highest BCUT2D eigenvalue weighted by atomic mass is 35.5. The molecule has 0 saturated carbocycles. The Morgan fingerprint density at radius 2 is 1.83 bits per heavy atom. The van der Waals surface area contributed by atoms with Crippen molar-refractivity contribution in [1.29, 1.82) is 0 Å². The summed E-state index contributed by atoms with van der Waals surface area (Å²) in [4.78, 5) is 24.3. The minimum atomic E-state index is -3.41. The largest absolute Gasteiger partial charge is 0.465 e. The Morgan fingerprint density at radius 1 is 1.13 bits per heavy atom. The van der Waals surface area contributed by atoms with Crippen molar-refractivity contribution in [2.75, 3.05) is 31.6 Å². The number of esters is 1. The van der Waals surface area contributed by atoms with Crippen molar-refractivity contribution in [3.8, 4) is 0 Å². The zero-order valence-electron chi connectivity index (χ0n) is 16.7. The second kappa shape index (κ2) is 10.2. The zero-order valence-corrected chi connectivity index (χ0v) is 18.3. The minimum absolute atomic E-state index is 0.0971. The summed E-state index contributed by atoms with van der Waals surface area (Å²) < 4.78 is 26.0. The predicted molar refractivity (Wildman–Crippen MR) is 116 cm³/mol. The third-order valence-electron chi connectivity index (χ3n) is 4.62. The van der Waals surface area contributed by atoms with E-state index in [4.69, 9.17) is 20.9 Å². The van der Waals surface area contributed by atoms with E-state index in [2.05, 4.69) is 5.32 Å². The normalized spacial score (nSPS) is 19.7. The van der Waals surface area contributed by atoms with Gasteiger partial charge in [-0.1, -0.05) is 11.6 Å². The molecule has 1 atom stereocenters. The average molecular weight is 451 g/mol. The van der Waals surface area contributed by atoms with E-state index in [1.807, 2.05) is 0 Å². The number of halogens is 1. The van der Waals surface area contributed by atoms with Gasteiger partial charge in [0.2, 0.25) is 0 Å². The van der Waals surface area contributed by atoms with Gasteiger partial charge >= 0.3 is 13.5 Å². The molecule has 1 amide bonds. The summed E-state index contributed by atoms with van der Waals surface area (Å²) in [6, 6.07) is 13.2. The van der Waals surface area contributed by atoms with E-state index in [0.717, 1.165) is 12.8 Å². The lowest BCUT2D eigenvalue weighted by atomic mass is 10.2. The van der Waals surface area contributed by atoms with Gasteiger partial charge in [0, 0.05) is 22.8 Å². The van der Waals surface area contributed by atoms with Crippen LogP contribution in [-0.4, -0.2) is 42.9 Å². The lowest BCUT2D eigenvalue weighted by molar-refractivity contribution is -0.143. The first kappa shape index (κ1) is 22.5. The summed E-state index contributed by atoms with van der Waals surface area (Å²) >= 11 is 5.85. The zero-order chi connectivity index (χ0) is 21.6. The molecule has 2 aromatic carbocycles. The number of nitrogens with zero attached hydrogens (tertiary/aromatic N) is 1. The second-order valence-corrected chi connectivity index (χ2v) is 9.58. The van der Waals surface area contributed by atoms with E-state index in [-0.39, 0.29) is 19.1 Å². The number of carbonyl (C=O) groups excluding carboxylic acids is 2. The fraction of sp³-hybridized carbons (Fsp3) is 0.333. The molecule has 1 saturated heterocycles. The van der Waals surface area contributed by atoms with Gasteiger partial charge in [0.15, 0.2) is 0 Å². The van der Waals surface area contributed by atoms with E-state index >= 15 is 0 Å². The number of hydrogen-bond donors (Lipinski definition) is 1. The van der Waals surface area contributed by atoms with Crippen molar-refractivity contribution in [3.05, 3.63) is 59.1 Å². The van der Waals surface area contributed by atoms with Gasteiger partial charge < -0.3 is 14.6 Å². The Morgan fingerprint density at radius 3 is 2.50 bits per heavy atom. The summed E-state index contributed by atoms with van der Waals surface area (Å²) in [5, 5.41) is 3.82. The lowest BCUT2D eigenvalue weighted by Crippen LogP contribution is -2.32. The van der Waals surface area contributed by atoms with Crippen LogP contribution in [-0.2, 0) is 18.6 Å². The molecule has 30 heavy (non-hydrogen) atoms. The van der Waals surface area contributed by atoms with Gasteiger partial charge in [-0.3, -0.25) is 14.2 Å². The standard InChI is InChI=1S/C21H24ClN2O5P/c1-2-28-20(25)15-24-13-3-4-14-29-30(24,27)19-11-9-18(10-12-19)23-21(26)16-5-7-17(22)8-6-16/h5-12H,2-4,13-15H2,1H3,(H,23,26). The van der Waals surface area contributed by atoms with Crippen molar-refractivity contribution < 1.29 is 23.4 Å². The van der Waals surface area contributed by atoms with Crippen molar-refractivity contribution in [2.45, 2.75) is 19.8 Å². The maximum Gasteiger partial charge on any atom is 0.320 e. The van der Waals surface area contributed by atoms with Gasteiger partial charge in [0.1, 0.15) is 6.54 Å². The van der Waals surface area contributed by atoms with Gasteiger partial charge in [-0.05, 0) is 68.3 Å². The number of amides is 1. The van der Waals surface area contributed by atoms with Crippen molar-refractivity contribution in [3.63, 3.8) is 0 Å². The average Bonchev–Trinajstić information content (AvgIpc) is 2.91. The Hall–Kier alpha value is -2.18. The summed E-state index contributed by atoms with van der Waals surface area (Å²) in [5.74, 6) is -0.712. The lowest BCUT2D eigenvalue weighted by Gasteiger charge is -2.28. The fourth-order valence-electron chi connectivity index (χ4n) is 3.10. The summed E-state index contributed by atoms with van der Waals surface area (Å²) in [6.07, 6.45) is 1.54. The third kappa shape index (κ3) is 5.49. The van der Waals surface area contributed by atoms with E-state index in [9.17, 15) is 14.2 Å². The monoisotopic (exact) mass is 450 g/mol. The Kier molecular flexibility index (Phi) is 7.67. The van der Waals surface area contributed by atoms with Crippen LogP contribution >= 0.6 is 19.1 Å². The molecule has 1 aliphatic heterocycles. The Labute approximate surface area is 180 Å². The second-order valence-electron chi connectivity index (χ2n) is 6.76. The van der Waals surface area contributed by atoms with Gasteiger partial charge in [-0.2, -0.15) is 0 Å². The topological polar surface area (TPSA) is 84.9 Å². The maximum atomic E-state index is 13.7. The molecule has 160 valence electrons. The van der Waals surface area contributed by atoms with Crippen LogP contribution in [0.1, 0.15) is 30.1 Å². The molecule has 1 fully saturated rings. The van der Waals surface area contributed by atoms with Crippen molar-refractivity contribution >= 4 is 42.0 Å². The van der Waals surface area contributed by atoms with Crippen LogP contribution in [0, 0.1) is 0 Å². The van der Waals surface area contributed by atoms with Crippen LogP contribution in [0.4, 0.5) is 5.69 Å². The van der Waals surface area contributed by atoms with E-state index in [1.54, 1.807) is 60.1 Å². The molecule has 7 nitrogen and oxygen atoms in total. The Balaban J connectivity index is 1.76. The van der Waals surface area contributed by atoms with E-state index in [0.29, 0.717) is 34.7 Å². The maximum absolute atomic E-state index is 13.7. The first-order valence-electron chi connectivity index (χ1n) is 9.75. The molecule has 1 heterocycles. The number of benzene rings is 2. The molecule has 0 bridgehead atoms. The molecule has 1 unspecified atom stereocenters. The Bertz CT molecular complexity index is 933. The summed E-state index contributed by atoms with van der Waals surface area (Å²) in [7, 11) is -3.41. The van der Waals surface area contributed by atoms with Crippen molar-refractivity contribution in [1.82, 2.24) is 4.67 Å². The van der Waals surface area contributed by atoms with Gasteiger partial charge in [0.25, 0.3) is 5.91 Å². The molecule has 3 rings (SSSR count). The SMILES string of the molecule is CCOC(=O)CN1CCCCOP1(=O)c1ccc(NC(=O)c2ccc(Cl)cc2)cc1. The number of carbonyl (C=O) groups is 2. The molecule has 0 aliphatic carbocycles. The molecule has 1 aliphatic rings. The highest BCUT2D eigenvalue weighted by Crippen LogP contribution is 2.51. The fourth-order valence-corrected chi connectivity index (χ4v) is 5.48. The molecule has 9 heteroatoms. The molecule has 0 spiro atoms.